The number of Topliss-reactive ketones (excluding diaryl/α,β-unsaturated/α-hetero) is 1. The number of ether oxygens (including phenoxy) is 1. The van der Waals surface area contributed by atoms with Crippen LogP contribution in [0.25, 0.3) is 0 Å². The van der Waals surface area contributed by atoms with E-state index in [0.717, 1.165) is 24.8 Å². The lowest BCUT2D eigenvalue weighted by atomic mass is 9.49. The summed E-state index contributed by atoms with van der Waals surface area (Å²) in [5.74, 6) is 0.797. The summed E-state index contributed by atoms with van der Waals surface area (Å²) in [6.07, 6.45) is 6.64. The number of hydrogen-bond acceptors (Lipinski definition) is 6. The number of carbonyl (C=O) groups excluding carboxylic acids is 4. The average molecular weight is 481 g/mol. The summed E-state index contributed by atoms with van der Waals surface area (Å²) in [5.41, 5.74) is 1.60. The number of fused-ring (bicyclic) bond motifs is 1. The molecule has 6 aliphatic rings. The molecule has 0 radical (unpaired) electrons. The molecule has 1 unspecified atom stereocenters. The largest absolute Gasteiger partial charge is 0.456 e. The van der Waals surface area contributed by atoms with Crippen molar-refractivity contribution in [1.82, 2.24) is 4.90 Å². The van der Waals surface area contributed by atoms with Crippen LogP contribution in [0.4, 0.5) is 5.69 Å². The number of likely N-dealkylation sites (tertiary alicyclic amines) is 1. The van der Waals surface area contributed by atoms with E-state index in [2.05, 4.69) is 5.32 Å². The van der Waals surface area contributed by atoms with Crippen molar-refractivity contribution in [2.24, 2.45) is 23.2 Å². The average Bonchev–Trinajstić information content (AvgIpc) is 3.22. The van der Waals surface area contributed by atoms with Crippen LogP contribution in [-0.2, 0) is 25.5 Å². The van der Waals surface area contributed by atoms with Crippen molar-refractivity contribution >= 4 is 29.3 Å². The van der Waals surface area contributed by atoms with Gasteiger partial charge in [-0.1, -0.05) is 0 Å². The molecule has 2 atom stereocenters. The Morgan fingerprint density at radius 3 is 2.40 bits per heavy atom. The van der Waals surface area contributed by atoms with Gasteiger partial charge < -0.3 is 20.1 Å². The molecule has 1 saturated heterocycles. The molecule has 4 bridgehead atoms. The van der Waals surface area contributed by atoms with Crippen LogP contribution in [0.1, 0.15) is 67.3 Å². The lowest BCUT2D eigenvalue weighted by Gasteiger charge is -2.56. The van der Waals surface area contributed by atoms with Gasteiger partial charge in [0.15, 0.2) is 12.4 Å². The first-order chi connectivity index (χ1) is 16.8. The minimum Gasteiger partial charge on any atom is -0.456 e. The molecule has 5 fully saturated rings. The van der Waals surface area contributed by atoms with Gasteiger partial charge in [0.05, 0.1) is 11.5 Å². The zero-order valence-corrected chi connectivity index (χ0v) is 19.8. The third-order valence-corrected chi connectivity index (χ3v) is 8.97. The van der Waals surface area contributed by atoms with E-state index >= 15 is 0 Å². The Bertz CT molecular complexity index is 1060. The van der Waals surface area contributed by atoms with Crippen LogP contribution in [-0.4, -0.2) is 58.9 Å². The number of anilines is 1. The van der Waals surface area contributed by atoms with Crippen LogP contribution < -0.4 is 5.32 Å². The van der Waals surface area contributed by atoms with Crippen molar-refractivity contribution < 1.29 is 29.0 Å². The maximum absolute atomic E-state index is 13.8. The molecule has 2 heterocycles. The van der Waals surface area contributed by atoms with Crippen molar-refractivity contribution in [3.05, 3.63) is 29.3 Å². The highest BCUT2D eigenvalue weighted by molar-refractivity contribution is 6.00. The Labute approximate surface area is 204 Å². The number of hydrogen-bond donors (Lipinski definition) is 2. The van der Waals surface area contributed by atoms with E-state index in [1.54, 1.807) is 23.1 Å². The van der Waals surface area contributed by atoms with E-state index in [4.69, 9.17) is 4.74 Å². The predicted octanol–water partition coefficient (Wildman–Crippen LogP) is 2.48. The molecule has 2 N–H and O–H groups in total. The molecule has 0 aromatic heterocycles. The first kappa shape index (κ1) is 22.7. The Kier molecular flexibility index (Phi) is 5.47. The van der Waals surface area contributed by atoms with Crippen LogP contribution in [0.15, 0.2) is 18.2 Å². The van der Waals surface area contributed by atoms with Crippen molar-refractivity contribution in [2.45, 2.75) is 69.9 Å². The van der Waals surface area contributed by atoms with Crippen molar-refractivity contribution in [2.75, 3.05) is 18.5 Å². The fourth-order valence-corrected chi connectivity index (χ4v) is 7.81. The molecule has 1 aromatic rings. The van der Waals surface area contributed by atoms with Gasteiger partial charge in [-0.15, -0.1) is 0 Å². The van der Waals surface area contributed by atoms with Crippen molar-refractivity contribution in [3.8, 4) is 0 Å². The number of rotatable bonds is 5. The van der Waals surface area contributed by atoms with E-state index < -0.39 is 30.1 Å². The maximum Gasteiger partial charge on any atom is 0.329 e. The molecule has 8 heteroatoms. The molecular formula is C27H32N2O6. The second kappa shape index (κ2) is 8.43. The second-order valence-corrected chi connectivity index (χ2v) is 11.5. The molecule has 4 saturated carbocycles. The smallest absolute Gasteiger partial charge is 0.329 e. The van der Waals surface area contributed by atoms with Gasteiger partial charge in [0.25, 0.3) is 0 Å². The van der Waals surface area contributed by atoms with Gasteiger partial charge in [-0.3, -0.25) is 14.4 Å². The summed E-state index contributed by atoms with van der Waals surface area (Å²) in [5, 5.41) is 13.1. The number of carbonyl (C=O) groups is 4. The summed E-state index contributed by atoms with van der Waals surface area (Å²) in [7, 11) is 0. The summed E-state index contributed by atoms with van der Waals surface area (Å²) in [6, 6.07) is 4.19. The van der Waals surface area contributed by atoms with E-state index in [-0.39, 0.29) is 30.6 Å². The minimum atomic E-state index is -0.850. The van der Waals surface area contributed by atoms with Gasteiger partial charge in [-0.25, -0.2) is 4.79 Å². The number of nitrogens with one attached hydrogen (secondary N) is 1. The molecule has 0 spiro atoms. The first-order valence-corrected chi connectivity index (χ1v) is 12.9. The van der Waals surface area contributed by atoms with E-state index in [9.17, 15) is 24.3 Å². The molecular weight excluding hydrogens is 448 g/mol. The standard InChI is InChI=1S/C27H32N2O6/c30-20-9-22(29(13-20)26(34)27-10-15-5-16(11-27)7-17(6-15)12-27)25(33)35-14-23(31)19-1-3-21-18(8-19)2-4-24(32)28-21/h1,3,8,15-17,20,22,30H,2,4-7,9-14H2,(H,28,32)/t15?,16?,17?,20?,22-,27?/m0/s1. The molecule has 1 aromatic carbocycles. The van der Waals surface area contributed by atoms with Crippen LogP contribution >= 0.6 is 0 Å². The fourth-order valence-electron chi connectivity index (χ4n) is 7.81. The third kappa shape index (κ3) is 4.05. The van der Waals surface area contributed by atoms with E-state index in [1.807, 2.05) is 0 Å². The van der Waals surface area contributed by atoms with Gasteiger partial charge in [0, 0.05) is 30.6 Å². The summed E-state index contributed by atoms with van der Waals surface area (Å²) in [4.78, 5) is 52.6. The number of aliphatic hydroxyl groups excluding tert-OH is 1. The summed E-state index contributed by atoms with van der Waals surface area (Å²) < 4.78 is 5.39. The Morgan fingerprint density at radius 1 is 1.03 bits per heavy atom. The Morgan fingerprint density at radius 2 is 1.71 bits per heavy atom. The monoisotopic (exact) mass is 480 g/mol. The Balaban J connectivity index is 1.12. The quantitative estimate of drug-likeness (QED) is 0.495. The molecule has 7 rings (SSSR count). The lowest BCUT2D eigenvalue weighted by molar-refractivity contribution is -0.165. The van der Waals surface area contributed by atoms with Crippen molar-refractivity contribution in [1.29, 1.82) is 0 Å². The number of amides is 2. The molecule has 2 aliphatic heterocycles. The summed E-state index contributed by atoms with van der Waals surface area (Å²) >= 11 is 0. The number of nitrogens with zero attached hydrogens (tertiary/aromatic N) is 1. The molecule has 4 aliphatic carbocycles. The maximum atomic E-state index is 13.8. The minimum absolute atomic E-state index is 0.00170. The highest BCUT2D eigenvalue weighted by atomic mass is 16.5. The third-order valence-electron chi connectivity index (χ3n) is 8.97. The van der Waals surface area contributed by atoms with Crippen LogP contribution in [0.5, 0.6) is 0 Å². The number of benzene rings is 1. The van der Waals surface area contributed by atoms with Gasteiger partial charge in [0.2, 0.25) is 11.8 Å². The highest BCUT2D eigenvalue weighted by Crippen LogP contribution is 2.60. The molecule has 8 nitrogen and oxygen atoms in total. The molecule has 35 heavy (non-hydrogen) atoms. The Hall–Kier alpha value is -2.74. The normalized spacial score (nSPS) is 34.9. The van der Waals surface area contributed by atoms with Crippen molar-refractivity contribution in [3.63, 3.8) is 0 Å². The van der Waals surface area contributed by atoms with Crippen LogP contribution in [0.3, 0.4) is 0 Å². The second-order valence-electron chi connectivity index (χ2n) is 11.5. The zero-order valence-electron chi connectivity index (χ0n) is 19.8. The summed E-state index contributed by atoms with van der Waals surface area (Å²) in [6.45, 7) is -0.277. The predicted molar refractivity (Wildman–Crippen MR) is 125 cm³/mol. The van der Waals surface area contributed by atoms with Gasteiger partial charge in [-0.2, -0.15) is 0 Å². The number of ketones is 1. The van der Waals surface area contributed by atoms with E-state index in [0.29, 0.717) is 41.8 Å². The van der Waals surface area contributed by atoms with Gasteiger partial charge in [0.1, 0.15) is 6.04 Å². The lowest BCUT2D eigenvalue weighted by Crippen LogP contribution is -2.56. The highest BCUT2D eigenvalue weighted by Gasteiger charge is 2.57. The van der Waals surface area contributed by atoms with E-state index in [1.165, 1.54) is 19.3 Å². The van der Waals surface area contributed by atoms with Gasteiger partial charge in [-0.05, 0) is 86.5 Å². The first-order valence-electron chi connectivity index (χ1n) is 12.9. The fraction of sp³-hybridized carbons (Fsp3) is 0.630. The zero-order chi connectivity index (χ0) is 24.3. The topological polar surface area (TPSA) is 113 Å². The van der Waals surface area contributed by atoms with Crippen LogP contribution in [0, 0.1) is 23.2 Å². The molecule has 2 amide bonds. The van der Waals surface area contributed by atoms with Crippen LogP contribution in [0.2, 0.25) is 0 Å². The number of esters is 1. The van der Waals surface area contributed by atoms with Gasteiger partial charge >= 0.3 is 5.97 Å². The number of β-amino-alcohol motifs (C(OH)–C–C–N with tert-alkyl or cyclic N) is 1. The molecule has 186 valence electrons. The SMILES string of the molecule is O=C1CCc2cc(C(=O)COC(=O)[C@@H]3CC(O)CN3C(=O)C34CC5CC(CC(C5)C3)C4)ccc2N1. The number of aryl methyl sites for hydroxylation is 1. The number of aliphatic hydroxyl groups is 1.